The minimum absolute atomic E-state index is 0.249. The Morgan fingerprint density at radius 2 is 2.00 bits per heavy atom. The van der Waals surface area contributed by atoms with Crippen LogP contribution in [-0.4, -0.2) is 58.9 Å². The van der Waals surface area contributed by atoms with Gasteiger partial charge < -0.3 is 14.5 Å². The molecule has 144 valence electrons. The summed E-state index contributed by atoms with van der Waals surface area (Å²) in [4.78, 5) is 15.8. The highest BCUT2D eigenvalue weighted by Crippen LogP contribution is 2.31. The first-order valence-electron chi connectivity index (χ1n) is 9.01. The van der Waals surface area contributed by atoms with Gasteiger partial charge in [0.15, 0.2) is 22.8 Å². The molecule has 4 heterocycles. The summed E-state index contributed by atoms with van der Waals surface area (Å²) < 4.78 is 6.85. The number of fused-ring (bicyclic) bond motifs is 1. The van der Waals surface area contributed by atoms with Crippen LogP contribution in [0.1, 0.15) is 51.7 Å². The molecule has 10 heteroatoms. The number of rotatable bonds is 3. The molecule has 27 heavy (non-hydrogen) atoms. The van der Waals surface area contributed by atoms with Crippen LogP contribution < -0.4 is 4.90 Å². The third-order valence-electron chi connectivity index (χ3n) is 4.62. The lowest BCUT2D eigenvalue weighted by atomic mass is 9.96. The number of aromatic nitrogens is 7. The predicted octanol–water partition coefficient (Wildman–Crippen LogP) is 1.22. The van der Waals surface area contributed by atoms with E-state index in [0.717, 1.165) is 0 Å². The fourth-order valence-electron chi connectivity index (χ4n) is 3.16. The summed E-state index contributed by atoms with van der Waals surface area (Å²) in [6.45, 7) is 11.3. The van der Waals surface area contributed by atoms with Crippen molar-refractivity contribution in [1.29, 1.82) is 0 Å². The Labute approximate surface area is 156 Å². The van der Waals surface area contributed by atoms with Gasteiger partial charge in [0.05, 0.1) is 5.60 Å². The molecule has 0 aliphatic carbocycles. The van der Waals surface area contributed by atoms with Crippen molar-refractivity contribution in [3.8, 4) is 0 Å². The number of hydrogen-bond acceptors (Lipinski definition) is 9. The molecule has 0 saturated carbocycles. The van der Waals surface area contributed by atoms with Gasteiger partial charge in [-0.15, -0.1) is 5.10 Å². The van der Waals surface area contributed by atoms with E-state index in [1.165, 1.54) is 0 Å². The summed E-state index contributed by atoms with van der Waals surface area (Å²) >= 11 is 0. The van der Waals surface area contributed by atoms with Gasteiger partial charge in [0.2, 0.25) is 5.89 Å². The summed E-state index contributed by atoms with van der Waals surface area (Å²) in [6, 6.07) is 0. The highest BCUT2D eigenvalue weighted by molar-refractivity contribution is 5.83. The highest BCUT2D eigenvalue weighted by atomic mass is 16.5. The van der Waals surface area contributed by atoms with Crippen LogP contribution in [0.2, 0.25) is 0 Å². The van der Waals surface area contributed by atoms with Gasteiger partial charge in [-0.1, -0.05) is 31.1 Å². The third-order valence-corrected chi connectivity index (χ3v) is 4.62. The molecule has 1 N–H and O–H groups in total. The number of β-amino-alcohol motifs (C(OH)–C–C–N with tert-alkyl or cyclic N) is 1. The molecule has 1 fully saturated rings. The Balaban J connectivity index is 1.82. The van der Waals surface area contributed by atoms with Crippen LogP contribution in [0.25, 0.3) is 11.2 Å². The van der Waals surface area contributed by atoms with Crippen molar-refractivity contribution < 1.29 is 9.63 Å². The zero-order valence-electron chi connectivity index (χ0n) is 16.3. The second kappa shape index (κ2) is 5.95. The van der Waals surface area contributed by atoms with Crippen molar-refractivity contribution in [2.24, 2.45) is 0 Å². The lowest BCUT2D eigenvalue weighted by molar-refractivity contribution is 0.0839. The van der Waals surface area contributed by atoms with Gasteiger partial charge in [-0.05, 0) is 20.3 Å². The summed E-state index contributed by atoms with van der Waals surface area (Å²) in [7, 11) is 0. The first-order valence-corrected chi connectivity index (χ1v) is 9.01. The molecule has 4 rings (SSSR count). The van der Waals surface area contributed by atoms with E-state index >= 15 is 0 Å². The second-order valence-corrected chi connectivity index (χ2v) is 8.44. The Morgan fingerprint density at radius 3 is 2.59 bits per heavy atom. The lowest BCUT2D eigenvalue weighted by Gasteiger charge is -2.23. The molecular formula is C17H24N8O2. The molecule has 0 aromatic carbocycles. The fourth-order valence-corrected chi connectivity index (χ4v) is 3.16. The van der Waals surface area contributed by atoms with Gasteiger partial charge in [-0.2, -0.15) is 4.98 Å². The topological polar surface area (TPSA) is 119 Å². The van der Waals surface area contributed by atoms with Crippen molar-refractivity contribution in [2.45, 2.75) is 58.6 Å². The number of hydrogen-bond donors (Lipinski definition) is 1. The summed E-state index contributed by atoms with van der Waals surface area (Å²) in [5.74, 6) is 2.41. The van der Waals surface area contributed by atoms with Crippen molar-refractivity contribution in [1.82, 2.24) is 35.1 Å². The number of aryl methyl sites for hydroxylation is 1. The zero-order valence-corrected chi connectivity index (χ0v) is 16.3. The quantitative estimate of drug-likeness (QED) is 0.723. The van der Waals surface area contributed by atoms with Crippen LogP contribution in [0, 0.1) is 6.92 Å². The monoisotopic (exact) mass is 372 g/mol. The molecule has 0 radical (unpaired) electrons. The maximum absolute atomic E-state index is 10.4. The summed E-state index contributed by atoms with van der Waals surface area (Å²) in [6.07, 6.45) is 0.679. The zero-order chi connectivity index (χ0) is 19.4. The van der Waals surface area contributed by atoms with Gasteiger partial charge in [0.1, 0.15) is 12.4 Å². The SMILES string of the molecule is Cc1noc(Cn2nnc3c(N4CCC(C)(O)C4)nc(C(C)(C)C)nc32)n1. The number of anilines is 1. The van der Waals surface area contributed by atoms with E-state index in [9.17, 15) is 5.11 Å². The van der Waals surface area contributed by atoms with E-state index in [1.807, 2.05) is 6.92 Å². The van der Waals surface area contributed by atoms with E-state index in [-0.39, 0.29) is 12.0 Å². The first kappa shape index (κ1) is 17.8. The minimum Gasteiger partial charge on any atom is -0.388 e. The van der Waals surface area contributed by atoms with Crippen molar-refractivity contribution in [3.05, 3.63) is 17.5 Å². The van der Waals surface area contributed by atoms with E-state index in [4.69, 9.17) is 14.5 Å². The van der Waals surface area contributed by atoms with Crippen molar-refractivity contribution >= 4 is 17.0 Å². The molecule has 3 aromatic rings. The largest absolute Gasteiger partial charge is 0.388 e. The standard InChI is InChI=1S/C17H24N8O2/c1-10-18-11(27-22-10)8-25-14-12(21-23-25)13(19-15(20-14)16(2,3)4)24-7-6-17(5,26)9-24/h26H,6-9H2,1-5H3. The second-order valence-electron chi connectivity index (χ2n) is 8.44. The van der Waals surface area contributed by atoms with Gasteiger partial charge in [-0.25, -0.2) is 14.6 Å². The van der Waals surface area contributed by atoms with E-state index in [0.29, 0.717) is 54.0 Å². The fraction of sp³-hybridized carbons (Fsp3) is 0.647. The van der Waals surface area contributed by atoms with Gasteiger partial charge >= 0.3 is 0 Å². The van der Waals surface area contributed by atoms with Gasteiger partial charge in [0, 0.05) is 18.5 Å². The summed E-state index contributed by atoms with van der Waals surface area (Å²) in [5.41, 5.74) is 0.238. The maximum atomic E-state index is 10.4. The predicted molar refractivity (Wildman–Crippen MR) is 97.4 cm³/mol. The maximum Gasteiger partial charge on any atom is 0.248 e. The van der Waals surface area contributed by atoms with Gasteiger partial charge in [-0.3, -0.25) is 0 Å². The molecule has 1 aliphatic heterocycles. The molecule has 0 bridgehead atoms. The normalized spacial score (nSPS) is 20.7. The molecular weight excluding hydrogens is 348 g/mol. The molecule has 0 spiro atoms. The van der Waals surface area contributed by atoms with Crippen LogP contribution in [0.15, 0.2) is 4.52 Å². The van der Waals surface area contributed by atoms with Crippen LogP contribution >= 0.6 is 0 Å². The van der Waals surface area contributed by atoms with Crippen LogP contribution in [0.5, 0.6) is 0 Å². The molecule has 1 aliphatic rings. The third kappa shape index (κ3) is 3.36. The molecule has 1 atom stereocenters. The average Bonchev–Trinajstić information content (AvgIpc) is 3.26. The molecule has 1 unspecified atom stereocenters. The Bertz CT molecular complexity index is 985. The molecule has 1 saturated heterocycles. The number of nitrogens with zero attached hydrogens (tertiary/aromatic N) is 8. The van der Waals surface area contributed by atoms with Crippen LogP contribution in [0.3, 0.4) is 0 Å². The van der Waals surface area contributed by atoms with Crippen molar-refractivity contribution in [2.75, 3.05) is 18.0 Å². The lowest BCUT2D eigenvalue weighted by Crippen LogP contribution is -2.31. The van der Waals surface area contributed by atoms with E-state index < -0.39 is 5.60 Å². The van der Waals surface area contributed by atoms with Crippen LogP contribution in [-0.2, 0) is 12.0 Å². The Kier molecular flexibility index (Phi) is 3.91. The van der Waals surface area contributed by atoms with Gasteiger partial charge in [0.25, 0.3) is 0 Å². The Hall–Kier alpha value is -2.62. The van der Waals surface area contributed by atoms with Crippen LogP contribution in [0.4, 0.5) is 5.82 Å². The number of aliphatic hydroxyl groups is 1. The van der Waals surface area contributed by atoms with E-state index in [1.54, 1.807) is 11.6 Å². The van der Waals surface area contributed by atoms with Crippen molar-refractivity contribution in [3.63, 3.8) is 0 Å². The smallest absolute Gasteiger partial charge is 0.248 e. The highest BCUT2D eigenvalue weighted by Gasteiger charge is 2.35. The average molecular weight is 372 g/mol. The first-order chi connectivity index (χ1) is 12.6. The van der Waals surface area contributed by atoms with E-state index in [2.05, 4.69) is 46.1 Å². The summed E-state index contributed by atoms with van der Waals surface area (Å²) in [5, 5.41) is 22.7. The molecule has 0 amide bonds. The molecule has 10 nitrogen and oxygen atoms in total. The Morgan fingerprint density at radius 1 is 1.22 bits per heavy atom. The minimum atomic E-state index is -0.740. The molecule has 3 aromatic heterocycles.